The Bertz CT molecular complexity index is 1200. The molecule has 1 amide bonds. The van der Waals surface area contributed by atoms with Crippen LogP contribution in [0.4, 0.5) is 22.0 Å². The lowest BCUT2D eigenvalue weighted by molar-refractivity contribution is -0.143. The van der Waals surface area contributed by atoms with Crippen LogP contribution in [-0.4, -0.2) is 59.8 Å². The van der Waals surface area contributed by atoms with E-state index in [-0.39, 0.29) is 37.2 Å². The highest BCUT2D eigenvalue weighted by Crippen LogP contribution is 2.37. The smallest absolute Gasteiger partial charge is 0.377 e. The molecule has 0 radical (unpaired) electrons. The second-order valence-electron chi connectivity index (χ2n) is 7.16. The highest BCUT2D eigenvalue weighted by atomic mass is 19.4. The average Bonchev–Trinajstić information content (AvgIpc) is 3.16. The fourth-order valence-corrected chi connectivity index (χ4v) is 3.87. The van der Waals surface area contributed by atoms with Crippen molar-refractivity contribution in [1.82, 2.24) is 34.6 Å². The summed E-state index contributed by atoms with van der Waals surface area (Å²) < 4.78 is 74.0. The van der Waals surface area contributed by atoms with Gasteiger partial charge in [-0.2, -0.15) is 13.2 Å². The third-order valence-corrected chi connectivity index (χ3v) is 5.23. The molecule has 2 bridgehead atoms. The van der Waals surface area contributed by atoms with Gasteiger partial charge in [-0.1, -0.05) is 0 Å². The summed E-state index contributed by atoms with van der Waals surface area (Å²) in [7, 11) is 0. The molecule has 2 aliphatic heterocycles. The van der Waals surface area contributed by atoms with Crippen molar-refractivity contribution in [3.63, 3.8) is 0 Å². The lowest BCUT2D eigenvalue weighted by atomic mass is 10.0. The highest BCUT2D eigenvalue weighted by Gasteiger charge is 2.46. The minimum Gasteiger partial charge on any atom is -0.377 e. The molecular weight excluding hydrogens is 441 g/mol. The zero-order valence-corrected chi connectivity index (χ0v) is 15.9. The predicted molar refractivity (Wildman–Crippen MR) is 93.7 cm³/mol. The second-order valence-corrected chi connectivity index (χ2v) is 7.16. The molecule has 0 saturated carbocycles. The molecule has 5 rings (SSSR count). The fraction of sp³-hybridized carbons (Fsp3) is 0.333. The molecule has 1 fully saturated rings. The van der Waals surface area contributed by atoms with Gasteiger partial charge in [0.05, 0.1) is 37.2 Å². The van der Waals surface area contributed by atoms with E-state index in [4.69, 9.17) is 4.74 Å². The summed E-state index contributed by atoms with van der Waals surface area (Å²) in [6.07, 6.45) is -2.37. The summed E-state index contributed by atoms with van der Waals surface area (Å²) >= 11 is 0. The molecule has 0 N–H and O–H groups in total. The first-order valence-electron chi connectivity index (χ1n) is 9.29. The normalized spacial score (nSPS) is 20.2. The number of carbonyl (C=O) groups excluding carboxylic acids is 1. The first-order valence-corrected chi connectivity index (χ1v) is 9.29. The summed E-state index contributed by atoms with van der Waals surface area (Å²) in [4.78, 5) is 25.2. The molecule has 1 saturated heterocycles. The van der Waals surface area contributed by atoms with Crippen molar-refractivity contribution in [2.75, 3.05) is 13.2 Å². The highest BCUT2D eigenvalue weighted by molar-refractivity contribution is 5.95. The third-order valence-electron chi connectivity index (χ3n) is 5.23. The van der Waals surface area contributed by atoms with E-state index in [9.17, 15) is 26.7 Å². The SMILES string of the molecule is O=C(c1ccnc(C(F)(F)F)c1F)N1[C@H]2COC[C@@H]1c1nnc(-c3ncc(F)cn3)n1C2. The Kier molecular flexibility index (Phi) is 4.62. The topological polar surface area (TPSA) is 98.9 Å². The number of pyridine rings is 1. The van der Waals surface area contributed by atoms with Crippen LogP contribution in [0.5, 0.6) is 0 Å². The number of morpholine rings is 1. The zero-order valence-electron chi connectivity index (χ0n) is 15.9. The fourth-order valence-electron chi connectivity index (χ4n) is 3.87. The zero-order chi connectivity index (χ0) is 22.6. The molecule has 3 aromatic rings. The number of halogens is 5. The summed E-state index contributed by atoms with van der Waals surface area (Å²) in [5.41, 5.74) is -2.51. The Balaban J connectivity index is 1.54. The largest absolute Gasteiger partial charge is 0.436 e. The molecule has 0 aromatic carbocycles. The lowest BCUT2D eigenvalue weighted by Gasteiger charge is -2.45. The van der Waals surface area contributed by atoms with Crippen LogP contribution in [0.2, 0.25) is 0 Å². The van der Waals surface area contributed by atoms with Gasteiger partial charge in [-0.25, -0.2) is 23.7 Å². The standard InChI is InChI=1S/C18H12F5N7O2/c19-8-3-25-14(26-4-8)16-28-27-15-11-7-32-6-9(5-29(15)16)30(11)17(31)10-1-2-24-13(12(10)20)18(21,22)23/h1-4,9,11H,5-7H2/t9-,11-/m1/s1. The van der Waals surface area contributed by atoms with Crippen molar-refractivity contribution in [2.24, 2.45) is 0 Å². The van der Waals surface area contributed by atoms with Gasteiger partial charge in [0.25, 0.3) is 5.91 Å². The summed E-state index contributed by atoms with van der Waals surface area (Å²) in [6, 6.07) is -0.579. The maximum absolute atomic E-state index is 14.6. The molecule has 32 heavy (non-hydrogen) atoms. The van der Waals surface area contributed by atoms with Crippen molar-refractivity contribution in [3.05, 3.63) is 53.4 Å². The Hall–Kier alpha value is -3.55. The quantitative estimate of drug-likeness (QED) is 0.548. The number of amides is 1. The third kappa shape index (κ3) is 3.18. The van der Waals surface area contributed by atoms with Crippen LogP contribution in [0.1, 0.15) is 27.9 Å². The van der Waals surface area contributed by atoms with Crippen molar-refractivity contribution in [2.45, 2.75) is 24.8 Å². The van der Waals surface area contributed by atoms with Gasteiger partial charge >= 0.3 is 6.18 Å². The molecule has 0 unspecified atom stereocenters. The molecule has 9 nitrogen and oxygen atoms in total. The van der Waals surface area contributed by atoms with Crippen molar-refractivity contribution in [3.8, 4) is 11.6 Å². The van der Waals surface area contributed by atoms with Crippen LogP contribution in [0.3, 0.4) is 0 Å². The average molecular weight is 453 g/mol. The monoisotopic (exact) mass is 453 g/mol. The number of fused-ring (bicyclic) bond motifs is 4. The number of carbonyl (C=O) groups is 1. The van der Waals surface area contributed by atoms with E-state index in [0.717, 1.165) is 24.7 Å². The van der Waals surface area contributed by atoms with Gasteiger partial charge in [0.2, 0.25) is 5.82 Å². The first kappa shape index (κ1) is 20.4. The van der Waals surface area contributed by atoms with Crippen LogP contribution in [0, 0.1) is 11.6 Å². The second kappa shape index (κ2) is 7.25. The Morgan fingerprint density at radius 1 is 1.09 bits per heavy atom. The van der Waals surface area contributed by atoms with Crippen LogP contribution in [0.25, 0.3) is 11.6 Å². The minimum atomic E-state index is -5.05. The van der Waals surface area contributed by atoms with Crippen LogP contribution >= 0.6 is 0 Å². The van der Waals surface area contributed by atoms with E-state index < -0.39 is 47.1 Å². The molecule has 0 spiro atoms. The molecule has 166 valence electrons. The summed E-state index contributed by atoms with van der Waals surface area (Å²) in [5, 5.41) is 8.09. The first-order chi connectivity index (χ1) is 15.3. The van der Waals surface area contributed by atoms with Gasteiger partial charge in [-0.15, -0.1) is 10.2 Å². The molecule has 0 aliphatic carbocycles. The summed E-state index contributed by atoms with van der Waals surface area (Å²) in [6.45, 7) is 0.130. The minimum absolute atomic E-state index is 0.0243. The van der Waals surface area contributed by atoms with Gasteiger partial charge in [0.15, 0.2) is 29.0 Å². The van der Waals surface area contributed by atoms with Gasteiger partial charge in [0, 0.05) is 12.7 Å². The lowest BCUT2D eigenvalue weighted by Crippen LogP contribution is -2.56. The predicted octanol–water partition coefficient (Wildman–Crippen LogP) is 2.02. The molecule has 2 atom stereocenters. The maximum atomic E-state index is 14.6. The molecule has 14 heteroatoms. The maximum Gasteiger partial charge on any atom is 0.436 e. The number of aromatic nitrogens is 6. The molecule has 5 heterocycles. The van der Waals surface area contributed by atoms with Crippen LogP contribution in [0.15, 0.2) is 24.7 Å². The van der Waals surface area contributed by atoms with Gasteiger partial charge < -0.3 is 14.2 Å². The van der Waals surface area contributed by atoms with E-state index in [1.54, 1.807) is 4.57 Å². The van der Waals surface area contributed by atoms with Crippen molar-refractivity contribution >= 4 is 5.91 Å². The summed E-state index contributed by atoms with van der Waals surface area (Å²) in [5.74, 6) is -2.70. The molecule has 3 aromatic heterocycles. The van der Waals surface area contributed by atoms with E-state index in [1.165, 1.54) is 4.90 Å². The number of ether oxygens (including phenoxy) is 1. The Morgan fingerprint density at radius 3 is 2.56 bits per heavy atom. The van der Waals surface area contributed by atoms with Crippen molar-refractivity contribution < 1.29 is 31.5 Å². The molecular formula is C18H12F5N7O2. The number of hydrogen-bond acceptors (Lipinski definition) is 7. The number of alkyl halides is 3. The number of rotatable bonds is 2. The Morgan fingerprint density at radius 2 is 1.84 bits per heavy atom. The number of hydrogen-bond donors (Lipinski definition) is 0. The van der Waals surface area contributed by atoms with E-state index in [0.29, 0.717) is 0 Å². The number of nitrogens with zero attached hydrogens (tertiary/aromatic N) is 7. The van der Waals surface area contributed by atoms with E-state index in [2.05, 4.69) is 25.1 Å². The molecule has 2 aliphatic rings. The van der Waals surface area contributed by atoms with E-state index >= 15 is 0 Å². The van der Waals surface area contributed by atoms with E-state index in [1.807, 2.05) is 0 Å². The van der Waals surface area contributed by atoms with Gasteiger partial charge in [-0.3, -0.25) is 4.79 Å². The van der Waals surface area contributed by atoms with Gasteiger partial charge in [-0.05, 0) is 6.07 Å². The van der Waals surface area contributed by atoms with Crippen LogP contribution < -0.4 is 0 Å². The Labute approximate surface area is 175 Å². The van der Waals surface area contributed by atoms with Crippen molar-refractivity contribution in [1.29, 1.82) is 0 Å². The van der Waals surface area contributed by atoms with Gasteiger partial charge in [0.1, 0.15) is 6.04 Å². The van der Waals surface area contributed by atoms with Crippen LogP contribution in [-0.2, 0) is 17.5 Å².